The van der Waals surface area contributed by atoms with Crippen LogP contribution in [0.2, 0.25) is 0 Å². The molecule has 1 aromatic carbocycles. The van der Waals surface area contributed by atoms with Crippen LogP contribution in [0.5, 0.6) is 11.5 Å². The van der Waals surface area contributed by atoms with E-state index < -0.39 is 5.97 Å². The summed E-state index contributed by atoms with van der Waals surface area (Å²) in [7, 11) is 1.61. The maximum Gasteiger partial charge on any atom is 0.357 e. The zero-order valence-corrected chi connectivity index (χ0v) is 11.4. The first-order valence-corrected chi connectivity index (χ1v) is 6.55. The van der Waals surface area contributed by atoms with Crippen LogP contribution in [0.3, 0.4) is 0 Å². The first-order chi connectivity index (χ1) is 9.74. The molecule has 0 fully saturated rings. The third-order valence-electron chi connectivity index (χ3n) is 3.31. The largest absolute Gasteiger partial charge is 0.497 e. The summed E-state index contributed by atoms with van der Waals surface area (Å²) in [6, 6.07) is 5.51. The second-order valence-corrected chi connectivity index (χ2v) is 4.47. The number of carbonyl (C=O) groups excluding carboxylic acids is 1. The fraction of sp³-hybridized carbons (Fsp3) is 0.333. The van der Waals surface area contributed by atoms with Gasteiger partial charge in [-0.3, -0.25) is 0 Å². The minimum Gasteiger partial charge on any atom is -0.497 e. The highest BCUT2D eigenvalue weighted by atomic mass is 16.5. The molecule has 0 saturated carbocycles. The fourth-order valence-electron chi connectivity index (χ4n) is 2.40. The second kappa shape index (κ2) is 5.00. The average Bonchev–Trinajstić information content (AvgIpc) is 2.95. The van der Waals surface area contributed by atoms with Gasteiger partial charge >= 0.3 is 5.97 Å². The van der Waals surface area contributed by atoms with E-state index in [9.17, 15) is 4.79 Å². The van der Waals surface area contributed by atoms with Gasteiger partial charge in [0.15, 0.2) is 5.69 Å². The molecule has 0 N–H and O–H groups in total. The summed E-state index contributed by atoms with van der Waals surface area (Å²) < 4.78 is 16.0. The maximum atomic E-state index is 12.0. The molecule has 1 aromatic heterocycles. The molecule has 2 heterocycles. The Balaban J connectivity index is 2.22. The smallest absolute Gasteiger partial charge is 0.357 e. The molecule has 1 aliphatic rings. The molecule has 5 nitrogen and oxygen atoms in total. The van der Waals surface area contributed by atoms with Gasteiger partial charge in [-0.2, -0.15) is 0 Å². The van der Waals surface area contributed by atoms with Crippen LogP contribution in [0, 0.1) is 0 Å². The van der Waals surface area contributed by atoms with Gasteiger partial charge in [0, 0.05) is 17.4 Å². The van der Waals surface area contributed by atoms with E-state index in [2.05, 4.69) is 4.98 Å². The lowest BCUT2D eigenvalue weighted by Crippen LogP contribution is -2.10. The lowest BCUT2D eigenvalue weighted by atomic mass is 10.1. The SMILES string of the molecule is CCOC(=O)c1nc2ccc(OC)cc2c2c1CCO2. The molecule has 2 aromatic rings. The summed E-state index contributed by atoms with van der Waals surface area (Å²) in [6.45, 7) is 2.66. The maximum absolute atomic E-state index is 12.0. The molecule has 0 atom stereocenters. The number of aromatic nitrogens is 1. The molecule has 20 heavy (non-hydrogen) atoms. The van der Waals surface area contributed by atoms with Crippen LogP contribution in [0.4, 0.5) is 0 Å². The van der Waals surface area contributed by atoms with Gasteiger partial charge in [-0.15, -0.1) is 0 Å². The van der Waals surface area contributed by atoms with Gasteiger partial charge in [0.1, 0.15) is 11.5 Å². The van der Waals surface area contributed by atoms with Crippen molar-refractivity contribution < 1.29 is 19.0 Å². The van der Waals surface area contributed by atoms with Crippen LogP contribution in [-0.4, -0.2) is 31.3 Å². The van der Waals surface area contributed by atoms with Gasteiger partial charge in [-0.1, -0.05) is 0 Å². The summed E-state index contributed by atoms with van der Waals surface area (Å²) in [4.78, 5) is 16.4. The van der Waals surface area contributed by atoms with Crippen LogP contribution in [0.15, 0.2) is 18.2 Å². The topological polar surface area (TPSA) is 57.7 Å². The lowest BCUT2D eigenvalue weighted by molar-refractivity contribution is 0.0519. The lowest BCUT2D eigenvalue weighted by Gasteiger charge is -2.10. The third kappa shape index (κ3) is 1.95. The van der Waals surface area contributed by atoms with Gasteiger partial charge in [0.2, 0.25) is 0 Å². The molecule has 0 amide bonds. The van der Waals surface area contributed by atoms with E-state index in [1.54, 1.807) is 14.0 Å². The highest BCUT2D eigenvalue weighted by molar-refractivity contribution is 5.97. The number of fused-ring (bicyclic) bond motifs is 3. The Bertz CT molecular complexity index is 681. The number of hydrogen-bond acceptors (Lipinski definition) is 5. The monoisotopic (exact) mass is 273 g/mol. The van der Waals surface area contributed by atoms with Crippen molar-refractivity contribution in [2.24, 2.45) is 0 Å². The quantitative estimate of drug-likeness (QED) is 0.803. The number of hydrogen-bond donors (Lipinski definition) is 0. The molecule has 0 saturated heterocycles. The van der Waals surface area contributed by atoms with Crippen LogP contribution >= 0.6 is 0 Å². The molecule has 0 bridgehead atoms. The average molecular weight is 273 g/mol. The van der Waals surface area contributed by atoms with E-state index in [4.69, 9.17) is 14.2 Å². The minimum absolute atomic E-state index is 0.330. The molecular formula is C15H15NO4. The molecule has 0 aliphatic carbocycles. The third-order valence-corrected chi connectivity index (χ3v) is 3.31. The van der Waals surface area contributed by atoms with Crippen molar-refractivity contribution in [3.8, 4) is 11.5 Å². The van der Waals surface area contributed by atoms with Gasteiger partial charge in [0.05, 0.1) is 25.8 Å². The van der Waals surface area contributed by atoms with Crippen LogP contribution in [0.1, 0.15) is 23.0 Å². The van der Waals surface area contributed by atoms with E-state index in [0.29, 0.717) is 30.8 Å². The first kappa shape index (κ1) is 12.7. The zero-order chi connectivity index (χ0) is 14.1. The van der Waals surface area contributed by atoms with Crippen molar-refractivity contribution in [3.63, 3.8) is 0 Å². The number of pyridine rings is 1. The van der Waals surface area contributed by atoms with Crippen LogP contribution < -0.4 is 9.47 Å². The minimum atomic E-state index is -0.396. The zero-order valence-electron chi connectivity index (χ0n) is 11.4. The molecule has 5 heteroatoms. The summed E-state index contributed by atoms with van der Waals surface area (Å²) in [5.74, 6) is 1.06. The van der Waals surface area contributed by atoms with Crippen LogP contribution in [0.25, 0.3) is 10.9 Å². The van der Waals surface area contributed by atoms with Crippen molar-refractivity contribution in [2.45, 2.75) is 13.3 Å². The molecular weight excluding hydrogens is 258 g/mol. The van der Waals surface area contributed by atoms with Crippen molar-refractivity contribution >= 4 is 16.9 Å². The van der Waals surface area contributed by atoms with E-state index in [1.165, 1.54) is 0 Å². The number of rotatable bonds is 3. The molecule has 104 valence electrons. The number of esters is 1. The van der Waals surface area contributed by atoms with E-state index in [1.807, 2.05) is 18.2 Å². The normalized spacial score (nSPS) is 12.9. The van der Waals surface area contributed by atoms with Gasteiger partial charge in [-0.05, 0) is 25.1 Å². The second-order valence-electron chi connectivity index (χ2n) is 4.47. The van der Waals surface area contributed by atoms with Crippen molar-refractivity contribution in [1.82, 2.24) is 4.98 Å². The number of nitrogens with zero attached hydrogens (tertiary/aromatic N) is 1. The number of ether oxygens (including phenoxy) is 3. The van der Waals surface area contributed by atoms with Gasteiger partial charge in [0.25, 0.3) is 0 Å². The first-order valence-electron chi connectivity index (χ1n) is 6.55. The standard InChI is InChI=1S/C15H15NO4/c1-3-19-15(17)13-10-6-7-20-14(10)11-8-9(18-2)4-5-12(11)16-13/h4-5,8H,3,6-7H2,1-2H3. The van der Waals surface area contributed by atoms with Crippen molar-refractivity contribution in [1.29, 1.82) is 0 Å². The molecule has 0 unspecified atom stereocenters. The Kier molecular flexibility index (Phi) is 3.18. The molecule has 0 spiro atoms. The summed E-state index contributed by atoms with van der Waals surface area (Å²) >= 11 is 0. The number of carbonyl (C=O) groups is 1. The fourth-order valence-corrected chi connectivity index (χ4v) is 2.40. The Morgan fingerprint density at radius 3 is 3.05 bits per heavy atom. The number of methoxy groups -OCH3 is 1. The summed E-state index contributed by atoms with van der Waals surface area (Å²) in [6.07, 6.45) is 0.670. The Labute approximate surface area is 116 Å². The van der Waals surface area contributed by atoms with Gasteiger partial charge in [-0.25, -0.2) is 9.78 Å². The van der Waals surface area contributed by atoms with E-state index in [-0.39, 0.29) is 0 Å². The summed E-state index contributed by atoms with van der Waals surface area (Å²) in [5.41, 5.74) is 1.88. The predicted octanol–water partition coefficient (Wildman–Crippen LogP) is 2.36. The highest BCUT2D eigenvalue weighted by Crippen LogP contribution is 2.37. The van der Waals surface area contributed by atoms with E-state index >= 15 is 0 Å². The predicted molar refractivity (Wildman–Crippen MR) is 73.5 cm³/mol. The Morgan fingerprint density at radius 2 is 2.30 bits per heavy atom. The molecule has 0 radical (unpaired) electrons. The van der Waals surface area contributed by atoms with E-state index in [0.717, 1.165) is 22.4 Å². The van der Waals surface area contributed by atoms with Crippen molar-refractivity contribution in [2.75, 3.05) is 20.3 Å². The number of benzene rings is 1. The van der Waals surface area contributed by atoms with Gasteiger partial charge < -0.3 is 14.2 Å². The molecule has 1 aliphatic heterocycles. The Morgan fingerprint density at radius 1 is 1.45 bits per heavy atom. The van der Waals surface area contributed by atoms with Crippen molar-refractivity contribution in [3.05, 3.63) is 29.5 Å². The summed E-state index contributed by atoms with van der Waals surface area (Å²) in [5, 5.41) is 0.866. The highest BCUT2D eigenvalue weighted by Gasteiger charge is 2.26. The molecule has 3 rings (SSSR count). The Hall–Kier alpha value is -2.30. The van der Waals surface area contributed by atoms with Crippen LogP contribution in [-0.2, 0) is 11.2 Å².